The molecule has 9 aromatic heterocycles. The summed E-state index contributed by atoms with van der Waals surface area (Å²) in [5, 5.41) is 23.4. The molecule has 21 rings (SSSR count). The van der Waals surface area contributed by atoms with Crippen LogP contribution in [0.5, 0.6) is 0 Å². The second kappa shape index (κ2) is 30.5. The minimum atomic E-state index is 0.985. The molecule has 0 aliphatic heterocycles. The van der Waals surface area contributed by atoms with Crippen LogP contribution in [-0.2, 0) is 0 Å². The molecule has 0 radical (unpaired) electrons. The van der Waals surface area contributed by atoms with E-state index in [1.54, 1.807) is 0 Å². The van der Waals surface area contributed by atoms with Crippen molar-refractivity contribution in [2.75, 3.05) is 0 Å². The quantitative estimate of drug-likeness (QED) is 0.137. The summed E-state index contributed by atoms with van der Waals surface area (Å²) in [4.78, 5) is 40.2. The number of aromatic nitrogens is 9. The summed E-state index contributed by atoms with van der Waals surface area (Å²) in [6.45, 7) is 14.6. The molecule has 9 heteroatoms. The Bertz CT molecular complexity index is 6300. The van der Waals surface area contributed by atoms with Crippen molar-refractivity contribution >= 4 is 152 Å². The van der Waals surface area contributed by atoms with Gasteiger partial charge in [-0.15, -0.1) is 0 Å². The third kappa shape index (κ3) is 14.5. The lowest BCUT2D eigenvalue weighted by Crippen LogP contribution is -1.86. The van der Waals surface area contributed by atoms with Gasteiger partial charge in [-0.05, 0) is 153 Å². The smallest absolute Gasteiger partial charge is 0.0967 e. The maximum absolute atomic E-state index is 4.60. The van der Waals surface area contributed by atoms with Gasteiger partial charge in [0.05, 0.1) is 49.7 Å². The van der Waals surface area contributed by atoms with Gasteiger partial charge in [-0.1, -0.05) is 236 Å². The van der Waals surface area contributed by atoms with E-state index in [2.05, 4.69) is 317 Å². The Morgan fingerprint density at radius 2 is 0.629 bits per heavy atom. The van der Waals surface area contributed by atoms with E-state index in [0.29, 0.717) is 0 Å². The molecular weight excluding hydrogens is 1280 g/mol. The highest BCUT2D eigenvalue weighted by atomic mass is 14.8. The van der Waals surface area contributed by atoms with Crippen LogP contribution in [0.3, 0.4) is 0 Å². The van der Waals surface area contributed by atoms with Crippen LogP contribution >= 0.6 is 0 Å². The summed E-state index contributed by atoms with van der Waals surface area (Å²) in [5.41, 5.74) is 17.8. The van der Waals surface area contributed by atoms with Gasteiger partial charge in [-0.2, -0.15) is 0 Å². The molecule has 0 N–H and O–H groups in total. The molecule has 0 bridgehead atoms. The fourth-order valence-electron chi connectivity index (χ4n) is 13.9. The van der Waals surface area contributed by atoms with Crippen LogP contribution in [0.4, 0.5) is 0 Å². The number of pyridine rings is 9. The second-order valence-electron chi connectivity index (χ2n) is 26.5. The predicted octanol–water partition coefficient (Wildman–Crippen LogP) is 24.7. The Hall–Kier alpha value is -13.4. The van der Waals surface area contributed by atoms with Gasteiger partial charge in [0.25, 0.3) is 0 Å². The number of benzene rings is 12. The third-order valence-electron chi connectivity index (χ3n) is 19.2. The average Bonchev–Trinajstić information content (AvgIpc) is 0.700. The molecule has 12 aromatic carbocycles. The number of hydrogen-bond acceptors (Lipinski definition) is 9. The van der Waals surface area contributed by atoms with Crippen molar-refractivity contribution in [1.29, 1.82) is 0 Å². The van der Waals surface area contributed by atoms with Crippen LogP contribution in [0.15, 0.2) is 328 Å². The Labute approximate surface area is 609 Å². The van der Waals surface area contributed by atoms with Gasteiger partial charge in [-0.3, -0.25) is 44.9 Å². The number of nitrogens with zero attached hydrogens (tertiary/aromatic N) is 9. The van der Waals surface area contributed by atoms with Gasteiger partial charge >= 0.3 is 0 Å². The molecule has 504 valence electrons. The molecule has 0 saturated heterocycles. The van der Waals surface area contributed by atoms with E-state index < -0.39 is 0 Å². The first-order valence-corrected chi connectivity index (χ1v) is 35.4. The number of hydrogen-bond donors (Lipinski definition) is 0. The van der Waals surface area contributed by atoms with E-state index in [4.69, 9.17) is 0 Å². The Balaban J connectivity index is 0.0000000983. The number of rotatable bonds is 0. The van der Waals surface area contributed by atoms with Crippen molar-refractivity contribution in [3.05, 3.63) is 368 Å². The van der Waals surface area contributed by atoms with E-state index in [-0.39, 0.29) is 0 Å². The first-order chi connectivity index (χ1) is 51.5. The van der Waals surface area contributed by atoms with E-state index in [0.717, 1.165) is 77.2 Å². The molecule has 0 aliphatic rings. The van der Waals surface area contributed by atoms with Crippen molar-refractivity contribution in [3.8, 4) is 0 Å². The molecule has 0 aliphatic carbocycles. The summed E-state index contributed by atoms with van der Waals surface area (Å²) < 4.78 is 0. The normalized spacial score (nSPS) is 11.0. The van der Waals surface area contributed by atoms with Crippen molar-refractivity contribution in [2.24, 2.45) is 0 Å². The first-order valence-electron chi connectivity index (χ1n) is 35.4. The Kier molecular flexibility index (Phi) is 19.6. The number of fused-ring (bicyclic) bond motifs is 21. The molecule has 0 spiro atoms. The van der Waals surface area contributed by atoms with E-state index >= 15 is 0 Å². The predicted molar refractivity (Wildman–Crippen MR) is 443 cm³/mol. The van der Waals surface area contributed by atoms with Crippen LogP contribution in [0.25, 0.3) is 152 Å². The molecule has 105 heavy (non-hydrogen) atoms. The zero-order valence-corrected chi connectivity index (χ0v) is 59.7. The van der Waals surface area contributed by atoms with Crippen LogP contribution in [0.2, 0.25) is 0 Å². The summed E-state index contributed by atoms with van der Waals surface area (Å²) in [6.07, 6.45) is 13.2. The molecule has 9 nitrogen and oxygen atoms in total. The molecule has 0 atom stereocenters. The SMILES string of the molecule is Cc1cc2cccnc2c2ncccc12.Cc1ccc2c(cnc3ccccc32)c1.Cc1ccc2ccc3cccnc3c2n1.Cc1ccc2cnc3ccccc3c2c1.Cc1cccc2c1cnc1ccccc12.Cc1cccc2c1ncc1ccccc12.Cc1nc2ccccc2c2ccccc12. The van der Waals surface area contributed by atoms with Gasteiger partial charge in [0.15, 0.2) is 0 Å². The minimum Gasteiger partial charge on any atom is -0.256 e. The Morgan fingerprint density at radius 1 is 0.190 bits per heavy atom. The molecule has 0 fully saturated rings. The topological polar surface area (TPSA) is 116 Å². The lowest BCUT2D eigenvalue weighted by Gasteiger charge is -2.05. The third-order valence-corrected chi connectivity index (χ3v) is 19.2. The van der Waals surface area contributed by atoms with Gasteiger partial charge in [0.2, 0.25) is 0 Å². The highest BCUT2D eigenvalue weighted by Gasteiger charge is 2.09. The van der Waals surface area contributed by atoms with E-state index in [9.17, 15) is 0 Å². The van der Waals surface area contributed by atoms with Crippen LogP contribution < -0.4 is 0 Å². The first kappa shape index (κ1) is 67.5. The Morgan fingerprint density at radius 3 is 1.34 bits per heavy atom. The highest BCUT2D eigenvalue weighted by Crippen LogP contribution is 2.31. The molecule has 21 aromatic rings. The van der Waals surface area contributed by atoms with Crippen molar-refractivity contribution in [2.45, 2.75) is 48.5 Å². The van der Waals surface area contributed by atoms with Crippen molar-refractivity contribution < 1.29 is 0 Å². The van der Waals surface area contributed by atoms with Gasteiger partial charge in [0.1, 0.15) is 0 Å². The van der Waals surface area contributed by atoms with Gasteiger partial charge in [0, 0.05) is 130 Å². The van der Waals surface area contributed by atoms with Gasteiger partial charge in [-0.25, -0.2) is 0 Å². The fourth-order valence-corrected chi connectivity index (χ4v) is 13.9. The maximum Gasteiger partial charge on any atom is 0.0967 e. The van der Waals surface area contributed by atoms with E-state index in [1.807, 2.05) is 105 Å². The second-order valence-corrected chi connectivity index (χ2v) is 26.5. The molecule has 0 unspecified atom stereocenters. The average molecular weight is 1350 g/mol. The van der Waals surface area contributed by atoms with E-state index in [1.165, 1.54) is 114 Å². The summed E-state index contributed by atoms with van der Waals surface area (Å²) in [5.74, 6) is 0. The van der Waals surface area contributed by atoms with Crippen LogP contribution in [0.1, 0.15) is 39.2 Å². The van der Waals surface area contributed by atoms with Crippen LogP contribution in [-0.4, -0.2) is 44.9 Å². The standard InChI is InChI=1S/5C14H11N.2C13H10N2/c1-10-5-4-7-11-12-6-2-3-8-14(12)15-9-13(10)11;1-10-5-4-8-13-12-7-3-2-6-11(12)9-15-14(10)13;1-10-11-6-2-3-7-12(11)13-8-4-5-9-14(13)15-10;1-10-6-7-12-11(8-10)9-15-14-5-3-2-4-13(12)14;1-10-6-7-11-9-15-14-5-3-2-4-12(14)13(11)8-10;1-9-8-10-4-2-6-14-12(10)13-11(9)5-3-7-15-13;1-9-4-5-11-7-6-10-3-2-8-14-12(10)13(11)15-9/h5*2-9H,1H3;2*2-8H,1H3. The van der Waals surface area contributed by atoms with Crippen molar-refractivity contribution in [3.63, 3.8) is 0 Å². The molecule has 0 saturated carbocycles. The minimum absolute atomic E-state index is 0.985. The zero-order chi connectivity index (χ0) is 71.8. The lowest BCUT2D eigenvalue weighted by molar-refractivity contribution is 1.25. The molecule has 9 heterocycles. The van der Waals surface area contributed by atoms with Crippen molar-refractivity contribution in [1.82, 2.24) is 44.9 Å². The summed E-state index contributed by atoms with van der Waals surface area (Å²) >= 11 is 0. The lowest BCUT2D eigenvalue weighted by atomic mass is 10.0. The highest BCUT2D eigenvalue weighted by molar-refractivity contribution is 6.11. The largest absolute Gasteiger partial charge is 0.256 e. The summed E-state index contributed by atoms with van der Waals surface area (Å²) in [6, 6.07) is 98.1. The number of para-hydroxylation sites is 5. The monoisotopic (exact) mass is 1350 g/mol. The maximum atomic E-state index is 4.60. The zero-order valence-electron chi connectivity index (χ0n) is 59.7. The van der Waals surface area contributed by atoms with Crippen LogP contribution in [0, 0.1) is 48.5 Å². The fraction of sp³-hybridized carbons (Fsp3) is 0.0729. The van der Waals surface area contributed by atoms with Gasteiger partial charge < -0.3 is 0 Å². The molecular formula is C96H75N9. The molecule has 0 amide bonds. The summed E-state index contributed by atoms with van der Waals surface area (Å²) in [7, 11) is 0. The number of aryl methyl sites for hydroxylation is 7.